The van der Waals surface area contributed by atoms with Gasteiger partial charge in [-0.15, -0.1) is 0 Å². The van der Waals surface area contributed by atoms with Crippen LogP contribution < -0.4 is 5.32 Å². The van der Waals surface area contributed by atoms with E-state index in [1.54, 1.807) is 0 Å². The summed E-state index contributed by atoms with van der Waals surface area (Å²) in [4.78, 5) is 27.8. The molecule has 2 saturated heterocycles. The van der Waals surface area contributed by atoms with E-state index in [-0.39, 0.29) is 17.7 Å². The standard InChI is InChI=1S/C19H24N2O2/c22-17-10-9-16-15(17)13-20-19(16,14-7-3-1-4-8-14)18(23)21-11-5-2-6-12-21/h1,3-4,7-8,15-16,20H,2,5-6,9-13H2/t15-,16-,19-/m1/s1. The first kappa shape index (κ1) is 14.9. The minimum absolute atomic E-state index is 0.00365. The maximum Gasteiger partial charge on any atom is 0.247 e. The quantitative estimate of drug-likeness (QED) is 0.910. The van der Waals surface area contributed by atoms with E-state index in [1.807, 2.05) is 35.2 Å². The highest BCUT2D eigenvalue weighted by molar-refractivity contribution is 5.93. The second-order valence-corrected chi connectivity index (χ2v) is 7.13. The number of carbonyl (C=O) groups is 2. The fourth-order valence-corrected chi connectivity index (χ4v) is 4.81. The Labute approximate surface area is 137 Å². The van der Waals surface area contributed by atoms with E-state index in [9.17, 15) is 9.59 Å². The molecule has 0 spiro atoms. The van der Waals surface area contributed by atoms with Crippen LogP contribution in [-0.4, -0.2) is 36.2 Å². The molecule has 0 radical (unpaired) electrons. The minimum atomic E-state index is -0.699. The molecule has 3 atom stereocenters. The van der Waals surface area contributed by atoms with Gasteiger partial charge in [0, 0.05) is 37.9 Å². The van der Waals surface area contributed by atoms with Crippen LogP contribution in [0.2, 0.25) is 0 Å². The van der Waals surface area contributed by atoms with Crippen LogP contribution in [0.1, 0.15) is 37.7 Å². The second-order valence-electron chi connectivity index (χ2n) is 7.13. The van der Waals surface area contributed by atoms with Crippen LogP contribution in [0.4, 0.5) is 0 Å². The molecule has 0 bridgehead atoms. The predicted molar refractivity (Wildman–Crippen MR) is 87.8 cm³/mol. The Hall–Kier alpha value is -1.68. The molecule has 3 fully saturated rings. The van der Waals surface area contributed by atoms with Crippen LogP contribution in [-0.2, 0) is 15.1 Å². The SMILES string of the molecule is O=C1CC[C@@H]2[C@H]1CN[C@]2(C(=O)N1CCCCC1)c1ccccc1. The molecular weight excluding hydrogens is 288 g/mol. The zero-order valence-electron chi connectivity index (χ0n) is 13.5. The third kappa shape index (κ3) is 2.23. The summed E-state index contributed by atoms with van der Waals surface area (Å²) in [5.41, 5.74) is 0.327. The largest absolute Gasteiger partial charge is 0.341 e. The van der Waals surface area contributed by atoms with E-state index in [4.69, 9.17) is 0 Å². The van der Waals surface area contributed by atoms with Gasteiger partial charge in [0.2, 0.25) is 5.91 Å². The Morgan fingerprint density at radius 3 is 2.61 bits per heavy atom. The number of benzene rings is 1. The monoisotopic (exact) mass is 312 g/mol. The van der Waals surface area contributed by atoms with Crippen LogP contribution in [0.25, 0.3) is 0 Å². The highest BCUT2D eigenvalue weighted by atomic mass is 16.2. The maximum atomic E-state index is 13.5. The van der Waals surface area contributed by atoms with Gasteiger partial charge in [-0.1, -0.05) is 30.3 Å². The van der Waals surface area contributed by atoms with Crippen LogP contribution in [0, 0.1) is 11.8 Å². The number of amides is 1. The lowest BCUT2D eigenvalue weighted by molar-refractivity contribution is -0.141. The van der Waals surface area contributed by atoms with Gasteiger partial charge in [0.05, 0.1) is 0 Å². The van der Waals surface area contributed by atoms with E-state index >= 15 is 0 Å². The van der Waals surface area contributed by atoms with Crippen molar-refractivity contribution in [2.45, 2.75) is 37.6 Å². The molecule has 4 nitrogen and oxygen atoms in total. The van der Waals surface area contributed by atoms with E-state index in [0.717, 1.165) is 37.9 Å². The smallest absolute Gasteiger partial charge is 0.247 e. The average Bonchev–Trinajstić information content (AvgIpc) is 3.17. The van der Waals surface area contributed by atoms with Gasteiger partial charge in [-0.2, -0.15) is 0 Å². The lowest BCUT2D eigenvalue weighted by atomic mass is 9.75. The summed E-state index contributed by atoms with van der Waals surface area (Å²) in [7, 11) is 0. The van der Waals surface area contributed by atoms with Crippen molar-refractivity contribution in [2.24, 2.45) is 11.8 Å². The normalized spacial score (nSPS) is 33.7. The van der Waals surface area contributed by atoms with Crippen LogP contribution in [0.5, 0.6) is 0 Å². The number of likely N-dealkylation sites (tertiary alicyclic amines) is 1. The molecule has 0 unspecified atom stereocenters. The van der Waals surface area contributed by atoms with Gasteiger partial charge in [0.1, 0.15) is 11.3 Å². The van der Waals surface area contributed by atoms with Gasteiger partial charge >= 0.3 is 0 Å². The molecule has 1 aromatic carbocycles. The summed E-state index contributed by atoms with van der Waals surface area (Å²) >= 11 is 0. The molecule has 1 saturated carbocycles. The van der Waals surface area contributed by atoms with E-state index in [2.05, 4.69) is 5.32 Å². The molecule has 0 aromatic heterocycles. The van der Waals surface area contributed by atoms with E-state index < -0.39 is 5.54 Å². The highest BCUT2D eigenvalue weighted by Gasteiger charge is 2.59. The summed E-state index contributed by atoms with van der Waals surface area (Å²) < 4.78 is 0. The molecule has 1 aromatic rings. The van der Waals surface area contributed by atoms with Gasteiger partial charge in [0.15, 0.2) is 0 Å². The van der Waals surface area contributed by atoms with Crippen molar-refractivity contribution < 1.29 is 9.59 Å². The van der Waals surface area contributed by atoms with Crippen molar-refractivity contribution in [1.29, 1.82) is 0 Å². The van der Waals surface area contributed by atoms with E-state index in [1.165, 1.54) is 6.42 Å². The van der Waals surface area contributed by atoms with Crippen molar-refractivity contribution >= 4 is 11.7 Å². The Bertz CT molecular complexity index is 609. The van der Waals surface area contributed by atoms with E-state index in [0.29, 0.717) is 18.7 Å². The summed E-state index contributed by atoms with van der Waals surface area (Å²) in [5.74, 6) is 0.619. The number of hydrogen-bond acceptors (Lipinski definition) is 3. The Morgan fingerprint density at radius 1 is 1.13 bits per heavy atom. The molecule has 2 aliphatic heterocycles. The number of ketones is 1. The van der Waals surface area contributed by atoms with Crippen LogP contribution in [0.3, 0.4) is 0 Å². The molecule has 3 aliphatic rings. The predicted octanol–water partition coefficient (Wildman–Crippen LogP) is 2.09. The molecule has 2 heterocycles. The van der Waals surface area contributed by atoms with Gasteiger partial charge in [-0.05, 0) is 31.2 Å². The van der Waals surface area contributed by atoms with Crippen LogP contribution in [0.15, 0.2) is 30.3 Å². The summed E-state index contributed by atoms with van der Waals surface area (Å²) in [6.07, 6.45) is 4.83. The van der Waals surface area contributed by atoms with Crippen molar-refractivity contribution in [3.05, 3.63) is 35.9 Å². The third-order valence-corrected chi connectivity index (χ3v) is 5.97. The zero-order chi connectivity index (χ0) is 15.9. The molecule has 122 valence electrons. The first-order chi connectivity index (χ1) is 11.2. The summed E-state index contributed by atoms with van der Waals surface area (Å²) in [6, 6.07) is 10.0. The average molecular weight is 312 g/mol. The number of rotatable bonds is 2. The lowest BCUT2D eigenvalue weighted by Gasteiger charge is -2.40. The lowest BCUT2D eigenvalue weighted by Crippen LogP contribution is -2.56. The highest BCUT2D eigenvalue weighted by Crippen LogP contribution is 2.48. The zero-order valence-corrected chi connectivity index (χ0v) is 13.5. The molecule has 1 aliphatic carbocycles. The minimum Gasteiger partial charge on any atom is -0.341 e. The second kappa shape index (κ2) is 5.75. The van der Waals surface area contributed by atoms with Crippen molar-refractivity contribution in [3.63, 3.8) is 0 Å². The Morgan fingerprint density at radius 2 is 1.87 bits per heavy atom. The number of nitrogens with one attached hydrogen (secondary N) is 1. The number of piperidine rings is 1. The van der Waals surface area contributed by atoms with Crippen molar-refractivity contribution in [1.82, 2.24) is 10.2 Å². The Kier molecular flexibility index (Phi) is 3.72. The van der Waals surface area contributed by atoms with Gasteiger partial charge in [0.25, 0.3) is 0 Å². The van der Waals surface area contributed by atoms with Crippen LogP contribution >= 0.6 is 0 Å². The fourth-order valence-electron chi connectivity index (χ4n) is 4.81. The number of hydrogen-bond donors (Lipinski definition) is 1. The Balaban J connectivity index is 1.76. The number of Topliss-reactive ketones (excluding diaryl/α,β-unsaturated/α-hetero) is 1. The molecule has 4 heteroatoms. The molecule has 1 N–H and O–H groups in total. The first-order valence-electron chi connectivity index (χ1n) is 8.86. The number of carbonyl (C=O) groups excluding carboxylic acids is 2. The first-order valence-corrected chi connectivity index (χ1v) is 8.86. The molecule has 23 heavy (non-hydrogen) atoms. The fraction of sp³-hybridized carbons (Fsp3) is 0.579. The number of fused-ring (bicyclic) bond motifs is 1. The van der Waals surface area contributed by atoms with Gasteiger partial charge < -0.3 is 4.90 Å². The molecule has 1 amide bonds. The molecule has 4 rings (SSSR count). The summed E-state index contributed by atoms with van der Waals surface area (Å²) in [5, 5.41) is 3.50. The third-order valence-electron chi connectivity index (χ3n) is 5.97. The topological polar surface area (TPSA) is 49.4 Å². The maximum absolute atomic E-state index is 13.5. The van der Waals surface area contributed by atoms with Crippen molar-refractivity contribution in [2.75, 3.05) is 19.6 Å². The molecular formula is C19H24N2O2. The van der Waals surface area contributed by atoms with Crippen molar-refractivity contribution in [3.8, 4) is 0 Å². The van der Waals surface area contributed by atoms with Gasteiger partial charge in [-0.3, -0.25) is 14.9 Å². The van der Waals surface area contributed by atoms with Gasteiger partial charge in [-0.25, -0.2) is 0 Å². The summed E-state index contributed by atoms with van der Waals surface area (Å²) in [6.45, 7) is 2.33. The number of nitrogens with zero attached hydrogens (tertiary/aromatic N) is 1.